The van der Waals surface area contributed by atoms with Crippen LogP contribution in [0.15, 0.2) is 6.20 Å². The summed E-state index contributed by atoms with van der Waals surface area (Å²) in [5.41, 5.74) is 0. The Morgan fingerprint density at radius 1 is 1.44 bits per heavy atom. The van der Waals surface area contributed by atoms with E-state index in [2.05, 4.69) is 7.05 Å². The van der Waals surface area contributed by atoms with Crippen LogP contribution in [0.4, 0.5) is 0 Å². The van der Waals surface area contributed by atoms with Crippen molar-refractivity contribution in [3.8, 4) is 0 Å². The van der Waals surface area contributed by atoms with Crippen LogP contribution in [0.2, 0.25) is 0 Å². The summed E-state index contributed by atoms with van der Waals surface area (Å²) < 4.78 is 0.795. The van der Waals surface area contributed by atoms with Gasteiger partial charge in [-0.05, 0) is 0 Å². The number of hydrogen-bond acceptors (Lipinski definition) is 1. The van der Waals surface area contributed by atoms with Crippen molar-refractivity contribution in [2.45, 2.75) is 12.8 Å². The molecule has 9 heavy (non-hydrogen) atoms. The summed E-state index contributed by atoms with van der Waals surface area (Å²) in [5.74, 6) is 1.85. The van der Waals surface area contributed by atoms with E-state index in [4.69, 9.17) is 0 Å². The van der Waals surface area contributed by atoms with Gasteiger partial charge >= 0.3 is 0 Å². The van der Waals surface area contributed by atoms with E-state index in [-0.39, 0.29) is 0 Å². The highest BCUT2D eigenvalue weighted by Crippen LogP contribution is 2.15. The van der Waals surface area contributed by atoms with E-state index in [9.17, 15) is 4.79 Å². The van der Waals surface area contributed by atoms with E-state index >= 15 is 0 Å². The van der Waals surface area contributed by atoms with Gasteiger partial charge in [0, 0.05) is 12.8 Å². The van der Waals surface area contributed by atoms with Gasteiger partial charge in [-0.15, -0.1) is 0 Å². The fraction of sp³-hybridized carbons (Fsp3) is 0.714. The third-order valence-corrected chi connectivity index (χ3v) is 1.95. The molecule has 0 atom stereocenters. The number of nitrogens with zero attached hydrogens (tertiary/aromatic N) is 1. The zero-order valence-electron chi connectivity index (χ0n) is 5.76. The molecule has 1 aliphatic rings. The van der Waals surface area contributed by atoms with Crippen molar-refractivity contribution >= 4 is 5.94 Å². The van der Waals surface area contributed by atoms with Gasteiger partial charge in [0.25, 0.3) is 0 Å². The maximum Gasteiger partial charge on any atom is 0.183 e. The molecular weight excluding hydrogens is 114 g/mol. The Morgan fingerprint density at radius 2 is 2.00 bits per heavy atom. The molecule has 0 aromatic carbocycles. The molecule has 2 nitrogen and oxygen atoms in total. The molecule has 0 spiro atoms. The Morgan fingerprint density at radius 3 is 2.44 bits per heavy atom. The second kappa shape index (κ2) is 2.34. The Bertz CT molecular complexity index is 141. The lowest BCUT2D eigenvalue weighted by Crippen LogP contribution is -2.34. The summed E-state index contributed by atoms with van der Waals surface area (Å²) in [6, 6.07) is 0. The van der Waals surface area contributed by atoms with Crippen molar-refractivity contribution in [1.29, 1.82) is 0 Å². The molecule has 1 heterocycles. The smallest absolute Gasteiger partial charge is 0.183 e. The first kappa shape index (κ1) is 6.53. The van der Waals surface area contributed by atoms with Crippen LogP contribution < -0.4 is 0 Å². The minimum Gasteiger partial charge on any atom is -0.290 e. The van der Waals surface area contributed by atoms with Crippen LogP contribution in [0.1, 0.15) is 12.8 Å². The van der Waals surface area contributed by atoms with Crippen molar-refractivity contribution in [3.05, 3.63) is 6.20 Å². The molecule has 1 fully saturated rings. The Hall–Kier alpha value is -0.590. The lowest BCUT2D eigenvalue weighted by Gasteiger charge is -2.20. The molecule has 0 bridgehead atoms. The Kier molecular flexibility index (Phi) is 1.70. The second-order valence-electron chi connectivity index (χ2n) is 2.88. The normalized spacial score (nSPS) is 23.2. The van der Waals surface area contributed by atoms with Gasteiger partial charge in [-0.25, -0.2) is 4.79 Å². The van der Waals surface area contributed by atoms with E-state index < -0.39 is 0 Å². The predicted octanol–water partition coefficient (Wildman–Crippen LogP) is 0.572. The van der Waals surface area contributed by atoms with Crippen LogP contribution in [0.25, 0.3) is 0 Å². The molecule has 0 aromatic rings. The number of carbonyl (C=O) groups excluding carboxylic acids is 1. The highest BCUT2D eigenvalue weighted by atomic mass is 16.1. The van der Waals surface area contributed by atoms with Gasteiger partial charge in [0.15, 0.2) is 12.1 Å². The number of rotatable bonds is 1. The second-order valence-corrected chi connectivity index (χ2v) is 2.88. The van der Waals surface area contributed by atoms with Gasteiger partial charge in [-0.2, -0.15) is 0 Å². The molecule has 0 N–H and O–H groups in total. The van der Waals surface area contributed by atoms with Crippen LogP contribution in [-0.4, -0.2) is 30.6 Å². The van der Waals surface area contributed by atoms with Crippen LogP contribution in [0.5, 0.6) is 0 Å². The first-order chi connectivity index (χ1) is 4.27. The van der Waals surface area contributed by atoms with Crippen molar-refractivity contribution in [2.24, 2.45) is 0 Å². The average molecular weight is 126 g/mol. The summed E-state index contributed by atoms with van der Waals surface area (Å²) in [6.45, 7) is 2.21. The molecule has 0 saturated carbocycles. The molecule has 1 saturated heterocycles. The van der Waals surface area contributed by atoms with Crippen molar-refractivity contribution in [3.63, 3.8) is 0 Å². The standard InChI is InChI=1S/C7H12NO/c1-8(6-7-9)4-2-3-5-8/h6H,2-5H2,1H3/q+1. The van der Waals surface area contributed by atoms with Gasteiger partial charge in [-0.3, -0.25) is 4.48 Å². The first-order valence-electron chi connectivity index (χ1n) is 3.33. The topological polar surface area (TPSA) is 17.1 Å². The summed E-state index contributed by atoms with van der Waals surface area (Å²) in [7, 11) is 2.07. The SMILES string of the molecule is C[N+]1(C=C=O)CCCC1. The fourth-order valence-corrected chi connectivity index (χ4v) is 1.31. The summed E-state index contributed by atoms with van der Waals surface area (Å²) in [5, 5.41) is 0. The van der Waals surface area contributed by atoms with Crippen molar-refractivity contribution in [1.82, 2.24) is 0 Å². The van der Waals surface area contributed by atoms with E-state index in [1.807, 2.05) is 5.94 Å². The Balaban J connectivity index is 2.61. The zero-order chi connectivity index (χ0) is 6.74. The van der Waals surface area contributed by atoms with Gasteiger partial charge < -0.3 is 0 Å². The van der Waals surface area contributed by atoms with E-state index in [0.29, 0.717) is 0 Å². The zero-order valence-corrected chi connectivity index (χ0v) is 5.76. The molecule has 50 valence electrons. The van der Waals surface area contributed by atoms with Crippen LogP contribution in [0, 0.1) is 0 Å². The van der Waals surface area contributed by atoms with E-state index in [1.54, 1.807) is 6.20 Å². The number of hydrogen-bond donors (Lipinski definition) is 0. The van der Waals surface area contributed by atoms with Crippen LogP contribution in [-0.2, 0) is 4.79 Å². The summed E-state index contributed by atoms with van der Waals surface area (Å²) in [6.07, 6.45) is 4.11. The van der Waals surface area contributed by atoms with Gasteiger partial charge in [0.2, 0.25) is 0 Å². The molecule has 0 aromatic heterocycles. The molecule has 0 radical (unpaired) electrons. The molecule has 0 aliphatic carbocycles. The quantitative estimate of drug-likeness (QED) is 0.371. The van der Waals surface area contributed by atoms with Crippen molar-refractivity contribution in [2.75, 3.05) is 20.1 Å². The van der Waals surface area contributed by atoms with Crippen molar-refractivity contribution < 1.29 is 9.28 Å². The molecule has 0 amide bonds. The van der Waals surface area contributed by atoms with Crippen LogP contribution >= 0.6 is 0 Å². The van der Waals surface area contributed by atoms with Gasteiger partial charge in [0.1, 0.15) is 0 Å². The predicted molar refractivity (Wildman–Crippen MR) is 35.4 cm³/mol. The largest absolute Gasteiger partial charge is 0.290 e. The third kappa shape index (κ3) is 1.41. The monoisotopic (exact) mass is 126 g/mol. The number of likely N-dealkylation sites (tertiary alicyclic amines) is 1. The minimum atomic E-state index is 0.795. The molecule has 0 unspecified atom stereocenters. The van der Waals surface area contributed by atoms with E-state index in [1.165, 1.54) is 12.8 Å². The Labute approximate surface area is 55.4 Å². The lowest BCUT2D eigenvalue weighted by molar-refractivity contribution is -0.845. The van der Waals surface area contributed by atoms with Crippen LogP contribution in [0.3, 0.4) is 0 Å². The molecule has 1 rings (SSSR count). The molecule has 2 heteroatoms. The van der Waals surface area contributed by atoms with Gasteiger partial charge in [-0.1, -0.05) is 0 Å². The summed E-state index contributed by atoms with van der Waals surface area (Å²) in [4.78, 5) is 9.97. The fourth-order valence-electron chi connectivity index (χ4n) is 1.31. The molecular formula is C7H12NO+. The highest BCUT2D eigenvalue weighted by Gasteiger charge is 2.24. The first-order valence-corrected chi connectivity index (χ1v) is 3.33. The number of quaternary nitrogens is 1. The highest BCUT2D eigenvalue weighted by molar-refractivity contribution is 5.42. The average Bonchev–Trinajstić information content (AvgIpc) is 2.16. The molecule has 1 aliphatic heterocycles. The lowest BCUT2D eigenvalue weighted by atomic mass is 10.4. The third-order valence-electron chi connectivity index (χ3n) is 1.95. The minimum absolute atomic E-state index is 0.795. The van der Waals surface area contributed by atoms with Gasteiger partial charge in [0.05, 0.1) is 20.1 Å². The maximum absolute atomic E-state index is 9.97. The van der Waals surface area contributed by atoms with E-state index in [0.717, 1.165) is 17.6 Å². The summed E-state index contributed by atoms with van der Waals surface area (Å²) >= 11 is 0. The maximum atomic E-state index is 9.97.